The monoisotopic (exact) mass is 578 g/mol. The van der Waals surface area contributed by atoms with Gasteiger partial charge in [-0.25, -0.2) is 18.1 Å². The molecule has 0 bridgehead atoms. The molecule has 3 aromatic carbocycles. The molecule has 0 amide bonds. The molecule has 3 heterocycles. The molecule has 0 aliphatic carbocycles. The third-order valence-electron chi connectivity index (χ3n) is 7.50. The van der Waals surface area contributed by atoms with Gasteiger partial charge in [-0.15, -0.1) is 0 Å². The Balaban J connectivity index is 1.26. The maximum atomic E-state index is 15.0. The van der Waals surface area contributed by atoms with E-state index in [0.717, 1.165) is 31.9 Å². The molecule has 6 rings (SSSR count). The second-order valence-corrected chi connectivity index (χ2v) is 11.1. The molecule has 4 aromatic rings. The first-order valence-corrected chi connectivity index (χ1v) is 14.7. The Morgan fingerprint density at radius 2 is 1.85 bits per heavy atom. The van der Waals surface area contributed by atoms with Crippen molar-refractivity contribution in [2.45, 2.75) is 25.9 Å². The summed E-state index contributed by atoms with van der Waals surface area (Å²) < 4.78 is 41.3. The molecule has 214 valence electrons. The van der Waals surface area contributed by atoms with E-state index < -0.39 is 12.0 Å². The summed E-state index contributed by atoms with van der Waals surface area (Å²) >= 11 is 1.31. The van der Waals surface area contributed by atoms with Crippen molar-refractivity contribution in [2.75, 3.05) is 48.9 Å². The van der Waals surface area contributed by atoms with Gasteiger partial charge in [-0.2, -0.15) is 0 Å². The summed E-state index contributed by atoms with van der Waals surface area (Å²) in [6.07, 6.45) is 1.71. The number of ether oxygens (including phenoxy) is 1. The molecule has 2 saturated heterocycles. The van der Waals surface area contributed by atoms with Crippen molar-refractivity contribution in [1.82, 2.24) is 19.2 Å². The van der Waals surface area contributed by atoms with Gasteiger partial charge in [0.1, 0.15) is 18.2 Å². The molecule has 0 saturated carbocycles. The van der Waals surface area contributed by atoms with Gasteiger partial charge in [0.15, 0.2) is 11.6 Å². The maximum absolute atomic E-state index is 15.0. The first-order chi connectivity index (χ1) is 20.0. The lowest BCUT2D eigenvalue weighted by atomic mass is 10.1. The minimum absolute atomic E-state index is 0.0926. The summed E-state index contributed by atoms with van der Waals surface area (Å²) in [5.41, 5.74) is 3.46. The van der Waals surface area contributed by atoms with E-state index in [1.165, 1.54) is 29.1 Å². The molecule has 0 radical (unpaired) electrons. The number of nitrogens with one attached hydrogen (secondary N) is 2. The maximum Gasteiger partial charge on any atom is 0.265 e. The minimum atomic E-state index is -0.828. The standard InChI is InChI=1S/C30H32F2N6O2S/c1-2-24-28(35-41-37-14-11-20(31)18-37)10-8-26(32)29(24)40-23-7-9-27-25(17-23)30(39)38(19-34-27)22-5-3-21(4-6-22)36-15-12-33-13-16-36/h3-10,17,19-20,33,35H,2,11-16,18H2,1H3. The van der Waals surface area contributed by atoms with Gasteiger partial charge in [-0.3, -0.25) is 9.36 Å². The average molecular weight is 579 g/mol. The fourth-order valence-electron chi connectivity index (χ4n) is 5.25. The number of alkyl halides is 1. The molecule has 0 spiro atoms. The highest BCUT2D eigenvalue weighted by atomic mass is 32.2. The Labute approximate surface area is 241 Å². The van der Waals surface area contributed by atoms with E-state index in [1.54, 1.807) is 24.3 Å². The first-order valence-electron chi connectivity index (χ1n) is 13.9. The van der Waals surface area contributed by atoms with Crippen LogP contribution in [0.25, 0.3) is 16.6 Å². The molecule has 8 nitrogen and oxygen atoms in total. The zero-order chi connectivity index (χ0) is 28.3. The number of halogens is 2. The van der Waals surface area contributed by atoms with Crippen molar-refractivity contribution in [3.05, 3.63) is 82.7 Å². The molecule has 2 fully saturated rings. The van der Waals surface area contributed by atoms with Crippen molar-refractivity contribution in [3.63, 3.8) is 0 Å². The average Bonchev–Trinajstić information content (AvgIpc) is 3.43. The summed E-state index contributed by atoms with van der Waals surface area (Å²) in [4.78, 5) is 20.3. The predicted octanol–water partition coefficient (Wildman–Crippen LogP) is 5.31. The first kappa shape index (κ1) is 27.5. The van der Waals surface area contributed by atoms with E-state index in [2.05, 4.69) is 19.9 Å². The number of anilines is 2. The lowest BCUT2D eigenvalue weighted by Crippen LogP contribution is -2.43. The lowest BCUT2D eigenvalue weighted by molar-refractivity contribution is 0.349. The highest BCUT2D eigenvalue weighted by Crippen LogP contribution is 2.36. The van der Waals surface area contributed by atoms with Gasteiger partial charge in [-0.1, -0.05) is 6.92 Å². The number of piperazine rings is 1. The fraction of sp³-hybridized carbons (Fsp3) is 0.333. The highest BCUT2D eigenvalue weighted by Gasteiger charge is 2.23. The second-order valence-electron chi connectivity index (χ2n) is 10.2. The van der Waals surface area contributed by atoms with Crippen LogP contribution in [-0.2, 0) is 6.42 Å². The van der Waals surface area contributed by atoms with Crippen LogP contribution in [0.2, 0.25) is 0 Å². The number of rotatable bonds is 8. The molecule has 11 heteroatoms. The van der Waals surface area contributed by atoms with Crippen molar-refractivity contribution in [3.8, 4) is 17.2 Å². The number of nitrogens with zero attached hydrogens (tertiary/aromatic N) is 4. The van der Waals surface area contributed by atoms with Crippen LogP contribution in [0.15, 0.2) is 65.7 Å². The molecule has 1 atom stereocenters. The fourth-order valence-corrected chi connectivity index (χ4v) is 6.11. The Hall–Kier alpha value is -3.67. The lowest BCUT2D eigenvalue weighted by Gasteiger charge is -2.29. The Bertz CT molecular complexity index is 1590. The van der Waals surface area contributed by atoms with E-state index in [0.29, 0.717) is 59.5 Å². The van der Waals surface area contributed by atoms with E-state index in [4.69, 9.17) is 4.74 Å². The van der Waals surface area contributed by atoms with Gasteiger partial charge in [0.05, 0.1) is 22.3 Å². The van der Waals surface area contributed by atoms with Gasteiger partial charge in [0.25, 0.3) is 5.56 Å². The van der Waals surface area contributed by atoms with Crippen molar-refractivity contribution in [2.24, 2.45) is 0 Å². The van der Waals surface area contributed by atoms with Crippen LogP contribution in [0.3, 0.4) is 0 Å². The van der Waals surface area contributed by atoms with Crippen LogP contribution < -0.4 is 25.2 Å². The number of aromatic nitrogens is 2. The molecule has 1 aromatic heterocycles. The molecule has 2 N–H and O–H groups in total. The molecular weight excluding hydrogens is 546 g/mol. The van der Waals surface area contributed by atoms with E-state index in [9.17, 15) is 9.18 Å². The van der Waals surface area contributed by atoms with Gasteiger partial charge in [0, 0.05) is 62.7 Å². The number of benzene rings is 3. The van der Waals surface area contributed by atoms with E-state index in [-0.39, 0.29) is 11.3 Å². The number of fused-ring (bicyclic) bond motifs is 1. The number of hydrogen-bond acceptors (Lipinski definition) is 8. The quantitative estimate of drug-likeness (QED) is 0.273. The molecule has 1 unspecified atom stereocenters. The van der Waals surface area contributed by atoms with Crippen LogP contribution in [0.4, 0.5) is 20.2 Å². The summed E-state index contributed by atoms with van der Waals surface area (Å²) in [7, 11) is 0. The highest BCUT2D eigenvalue weighted by molar-refractivity contribution is 7.98. The topological polar surface area (TPSA) is 74.7 Å². The summed E-state index contributed by atoms with van der Waals surface area (Å²) in [5, 5.41) is 3.72. The molecule has 2 aliphatic heterocycles. The summed E-state index contributed by atoms with van der Waals surface area (Å²) in [6, 6.07) is 15.9. The van der Waals surface area contributed by atoms with Gasteiger partial charge in [-0.05, 0) is 67.4 Å². The normalized spacial score (nSPS) is 17.7. The van der Waals surface area contributed by atoms with Crippen LogP contribution in [0.5, 0.6) is 11.5 Å². The predicted molar refractivity (Wildman–Crippen MR) is 161 cm³/mol. The van der Waals surface area contributed by atoms with E-state index in [1.807, 2.05) is 35.5 Å². The largest absolute Gasteiger partial charge is 0.454 e. The second kappa shape index (κ2) is 12.1. The van der Waals surface area contributed by atoms with Crippen molar-refractivity contribution in [1.29, 1.82) is 0 Å². The molecule has 41 heavy (non-hydrogen) atoms. The summed E-state index contributed by atoms with van der Waals surface area (Å²) in [5.74, 6) is -0.0768. The van der Waals surface area contributed by atoms with Gasteiger partial charge < -0.3 is 19.7 Å². The zero-order valence-corrected chi connectivity index (χ0v) is 23.6. The zero-order valence-electron chi connectivity index (χ0n) is 22.8. The van der Waals surface area contributed by atoms with Crippen molar-refractivity contribution >= 4 is 34.4 Å². The minimum Gasteiger partial charge on any atom is -0.454 e. The van der Waals surface area contributed by atoms with Crippen LogP contribution in [0, 0.1) is 5.82 Å². The number of hydrogen-bond donors (Lipinski definition) is 2. The summed E-state index contributed by atoms with van der Waals surface area (Å²) in [6.45, 7) is 6.69. The van der Waals surface area contributed by atoms with Crippen molar-refractivity contribution < 1.29 is 13.5 Å². The smallest absolute Gasteiger partial charge is 0.265 e. The Morgan fingerprint density at radius 1 is 1.07 bits per heavy atom. The SMILES string of the molecule is CCc1c(NSN2CCC(F)C2)ccc(F)c1Oc1ccc2ncn(-c3ccc(N4CCNCC4)cc3)c(=O)c2c1. The third-order valence-corrected chi connectivity index (χ3v) is 8.40. The van der Waals surface area contributed by atoms with Crippen LogP contribution in [-0.4, -0.2) is 59.3 Å². The van der Waals surface area contributed by atoms with Gasteiger partial charge in [0.2, 0.25) is 0 Å². The molecule has 2 aliphatic rings. The molecular formula is C30H32F2N6O2S. The third kappa shape index (κ3) is 5.88. The van der Waals surface area contributed by atoms with Crippen LogP contribution in [0.1, 0.15) is 18.9 Å². The Morgan fingerprint density at radius 3 is 2.59 bits per heavy atom. The van der Waals surface area contributed by atoms with Gasteiger partial charge >= 0.3 is 0 Å². The van der Waals surface area contributed by atoms with Crippen LogP contribution >= 0.6 is 12.1 Å². The Kier molecular flexibility index (Phi) is 8.09. The van der Waals surface area contributed by atoms with E-state index >= 15 is 4.39 Å².